The molecule has 1 aliphatic heterocycles. The van der Waals surface area contributed by atoms with Gasteiger partial charge in [-0.15, -0.1) is 0 Å². The van der Waals surface area contributed by atoms with Gasteiger partial charge in [-0.3, -0.25) is 4.79 Å². The Morgan fingerprint density at radius 1 is 1.14 bits per heavy atom. The zero-order valence-corrected chi connectivity index (χ0v) is 11.4. The Morgan fingerprint density at radius 2 is 1.86 bits per heavy atom. The molecule has 1 aliphatic rings. The van der Waals surface area contributed by atoms with Gasteiger partial charge in [0.2, 0.25) is 5.75 Å². The molecule has 0 aromatic heterocycles. The van der Waals surface area contributed by atoms with Crippen LogP contribution in [0.3, 0.4) is 0 Å². The average molecular weight is 286 g/mol. The summed E-state index contributed by atoms with van der Waals surface area (Å²) in [6.07, 6.45) is 0.184. The van der Waals surface area contributed by atoms with E-state index < -0.39 is 11.7 Å². The molecular formula is C16H14O5. The summed E-state index contributed by atoms with van der Waals surface area (Å²) in [4.78, 5) is 11.8. The van der Waals surface area contributed by atoms with E-state index in [-0.39, 0.29) is 23.8 Å². The van der Waals surface area contributed by atoms with Crippen LogP contribution in [-0.2, 0) is 4.79 Å². The molecule has 5 heteroatoms. The number of phenolic OH excluding ortho intramolecular Hbond substituents is 2. The number of carbonyl (C=O) groups is 1. The first kappa shape index (κ1) is 13.3. The minimum Gasteiger partial charge on any atom is -0.504 e. The topological polar surface area (TPSA) is 76.0 Å². The van der Waals surface area contributed by atoms with Crippen LogP contribution in [0.4, 0.5) is 0 Å². The van der Waals surface area contributed by atoms with Crippen molar-refractivity contribution in [1.29, 1.82) is 0 Å². The molecule has 21 heavy (non-hydrogen) atoms. The number of benzene rings is 2. The summed E-state index contributed by atoms with van der Waals surface area (Å²) < 4.78 is 10.2. The molecule has 2 N–H and O–H groups in total. The molecule has 3 rings (SSSR count). The third kappa shape index (κ3) is 2.27. The Balaban J connectivity index is 2.08. The average Bonchev–Trinajstić information content (AvgIpc) is 2.51. The molecule has 0 saturated heterocycles. The van der Waals surface area contributed by atoms with E-state index >= 15 is 0 Å². The van der Waals surface area contributed by atoms with E-state index in [2.05, 4.69) is 0 Å². The van der Waals surface area contributed by atoms with Crippen molar-refractivity contribution in [3.05, 3.63) is 47.5 Å². The van der Waals surface area contributed by atoms with Gasteiger partial charge in [0, 0.05) is 11.5 Å². The van der Waals surface area contributed by atoms with Gasteiger partial charge in [0.15, 0.2) is 11.5 Å². The van der Waals surface area contributed by atoms with E-state index in [0.717, 1.165) is 11.3 Å². The predicted molar refractivity (Wildman–Crippen MR) is 74.9 cm³/mol. The molecule has 108 valence electrons. The summed E-state index contributed by atoms with van der Waals surface area (Å²) in [6, 6.07) is 10.4. The molecular weight excluding hydrogens is 272 g/mol. The van der Waals surface area contributed by atoms with Crippen LogP contribution in [0.15, 0.2) is 36.4 Å². The molecule has 0 radical (unpaired) electrons. The van der Waals surface area contributed by atoms with Crippen LogP contribution in [0.1, 0.15) is 23.5 Å². The number of aromatic hydroxyl groups is 2. The number of methoxy groups -OCH3 is 1. The second-order valence-electron chi connectivity index (χ2n) is 4.86. The van der Waals surface area contributed by atoms with E-state index in [4.69, 9.17) is 9.47 Å². The van der Waals surface area contributed by atoms with Crippen LogP contribution < -0.4 is 9.47 Å². The van der Waals surface area contributed by atoms with Crippen LogP contribution in [0, 0.1) is 0 Å². The summed E-state index contributed by atoms with van der Waals surface area (Å²) in [5, 5.41) is 19.4. The molecule has 2 aromatic rings. The number of rotatable bonds is 2. The highest BCUT2D eigenvalue weighted by atomic mass is 16.5. The number of hydrogen-bond acceptors (Lipinski definition) is 5. The molecule has 1 unspecified atom stereocenters. The summed E-state index contributed by atoms with van der Waals surface area (Å²) in [5.41, 5.74) is 1.59. The normalized spacial score (nSPS) is 17.0. The van der Waals surface area contributed by atoms with Gasteiger partial charge in [-0.2, -0.15) is 0 Å². The number of phenols is 2. The molecule has 0 fully saturated rings. The van der Waals surface area contributed by atoms with Crippen LogP contribution in [0.5, 0.6) is 23.0 Å². The third-order valence-electron chi connectivity index (χ3n) is 3.62. The quantitative estimate of drug-likeness (QED) is 0.504. The summed E-state index contributed by atoms with van der Waals surface area (Å²) in [5.74, 6) is -0.614. The number of carbonyl (C=O) groups excluding carboxylic acids is 1. The van der Waals surface area contributed by atoms with Crippen molar-refractivity contribution in [2.24, 2.45) is 0 Å². The maximum Gasteiger partial charge on any atom is 0.312 e. The number of ether oxygens (including phenoxy) is 2. The van der Waals surface area contributed by atoms with Gasteiger partial charge in [0.1, 0.15) is 5.75 Å². The van der Waals surface area contributed by atoms with Crippen LogP contribution in [0.2, 0.25) is 0 Å². The first-order valence-electron chi connectivity index (χ1n) is 6.49. The van der Waals surface area contributed by atoms with Gasteiger partial charge in [0.25, 0.3) is 0 Å². The minimum absolute atomic E-state index is 0.0343. The highest BCUT2D eigenvalue weighted by molar-refractivity contribution is 5.79. The summed E-state index contributed by atoms with van der Waals surface area (Å²) in [6.45, 7) is 0. The first-order chi connectivity index (χ1) is 10.1. The van der Waals surface area contributed by atoms with Gasteiger partial charge in [-0.25, -0.2) is 0 Å². The standard InChI is InChI=1S/C16H14O5/c1-20-10-4-2-9(3-5-10)12-8-14(18)21-16-11(12)6-7-13(17)15(16)19/h2-7,12,17,19H,8H2,1H3. The fraction of sp³-hybridized carbons (Fsp3) is 0.188. The van der Waals surface area contributed by atoms with Gasteiger partial charge < -0.3 is 19.7 Å². The Kier molecular flexibility index (Phi) is 3.17. The Morgan fingerprint density at radius 3 is 2.52 bits per heavy atom. The van der Waals surface area contributed by atoms with Gasteiger partial charge in [-0.1, -0.05) is 18.2 Å². The van der Waals surface area contributed by atoms with Crippen molar-refractivity contribution in [3.8, 4) is 23.0 Å². The van der Waals surface area contributed by atoms with Crippen LogP contribution in [0.25, 0.3) is 0 Å². The second-order valence-corrected chi connectivity index (χ2v) is 4.86. The Hall–Kier alpha value is -2.69. The van der Waals surface area contributed by atoms with Gasteiger partial charge in [0.05, 0.1) is 13.5 Å². The van der Waals surface area contributed by atoms with Gasteiger partial charge in [-0.05, 0) is 23.8 Å². The largest absolute Gasteiger partial charge is 0.504 e. The van der Waals surface area contributed by atoms with Crippen molar-refractivity contribution in [2.75, 3.05) is 7.11 Å². The van der Waals surface area contributed by atoms with E-state index in [0.29, 0.717) is 5.56 Å². The molecule has 0 saturated carbocycles. The van der Waals surface area contributed by atoms with E-state index in [9.17, 15) is 15.0 Å². The summed E-state index contributed by atoms with van der Waals surface area (Å²) >= 11 is 0. The smallest absolute Gasteiger partial charge is 0.312 e. The fourth-order valence-corrected chi connectivity index (χ4v) is 2.52. The molecule has 5 nitrogen and oxygen atoms in total. The first-order valence-corrected chi connectivity index (χ1v) is 6.49. The third-order valence-corrected chi connectivity index (χ3v) is 3.62. The zero-order chi connectivity index (χ0) is 15.0. The van der Waals surface area contributed by atoms with Crippen molar-refractivity contribution in [2.45, 2.75) is 12.3 Å². The number of fused-ring (bicyclic) bond motifs is 1. The van der Waals surface area contributed by atoms with Crippen LogP contribution >= 0.6 is 0 Å². The molecule has 0 aliphatic carbocycles. The molecule has 0 bridgehead atoms. The van der Waals surface area contributed by atoms with E-state index in [1.54, 1.807) is 13.2 Å². The maximum atomic E-state index is 11.8. The van der Waals surface area contributed by atoms with Crippen molar-refractivity contribution >= 4 is 5.97 Å². The van der Waals surface area contributed by atoms with E-state index in [1.807, 2.05) is 24.3 Å². The lowest BCUT2D eigenvalue weighted by Crippen LogP contribution is -2.21. The fourth-order valence-electron chi connectivity index (χ4n) is 2.52. The number of esters is 1. The SMILES string of the molecule is COc1ccc(C2CC(=O)Oc3c2ccc(O)c3O)cc1. The highest BCUT2D eigenvalue weighted by Crippen LogP contribution is 2.47. The molecule has 1 heterocycles. The zero-order valence-electron chi connectivity index (χ0n) is 11.4. The van der Waals surface area contributed by atoms with E-state index in [1.165, 1.54) is 6.07 Å². The monoisotopic (exact) mass is 286 g/mol. The van der Waals surface area contributed by atoms with Crippen molar-refractivity contribution in [1.82, 2.24) is 0 Å². The minimum atomic E-state index is -0.441. The Bertz CT molecular complexity index is 691. The molecule has 2 aromatic carbocycles. The van der Waals surface area contributed by atoms with Gasteiger partial charge >= 0.3 is 5.97 Å². The lowest BCUT2D eigenvalue weighted by atomic mass is 9.86. The van der Waals surface area contributed by atoms with Crippen LogP contribution in [-0.4, -0.2) is 23.3 Å². The number of hydrogen-bond donors (Lipinski definition) is 2. The molecule has 0 spiro atoms. The molecule has 0 amide bonds. The Labute approximate surface area is 121 Å². The second kappa shape index (κ2) is 5.01. The predicted octanol–water partition coefficient (Wildman–Crippen LogP) is 2.55. The lowest BCUT2D eigenvalue weighted by molar-refractivity contribution is -0.135. The highest BCUT2D eigenvalue weighted by Gasteiger charge is 2.31. The summed E-state index contributed by atoms with van der Waals surface area (Å²) in [7, 11) is 1.59. The van der Waals surface area contributed by atoms with Crippen molar-refractivity contribution in [3.63, 3.8) is 0 Å². The van der Waals surface area contributed by atoms with Crippen molar-refractivity contribution < 1.29 is 24.5 Å². The molecule has 1 atom stereocenters. The lowest BCUT2D eigenvalue weighted by Gasteiger charge is -2.25. The maximum absolute atomic E-state index is 11.8.